The fourth-order valence-electron chi connectivity index (χ4n) is 2.18. The van der Waals surface area contributed by atoms with Crippen molar-refractivity contribution in [2.24, 2.45) is 0 Å². The number of hydrogen-bond donors (Lipinski definition) is 1. The second kappa shape index (κ2) is 4.67. The van der Waals surface area contributed by atoms with E-state index >= 15 is 0 Å². The monoisotopic (exact) mass is 204 g/mol. The molecule has 1 aliphatic heterocycles. The van der Waals surface area contributed by atoms with Gasteiger partial charge in [-0.05, 0) is 25.5 Å². The standard InChI is InChI=1S/C13H20N2/c1-3-12-10-15(11(2)9-14-12)13-7-5-4-6-8-13/h4-8,11-12,14H,3,9-10H2,1-2H3. The van der Waals surface area contributed by atoms with E-state index in [9.17, 15) is 0 Å². The zero-order valence-electron chi connectivity index (χ0n) is 9.61. The first kappa shape index (κ1) is 10.5. The molecule has 0 spiro atoms. The van der Waals surface area contributed by atoms with E-state index in [1.54, 1.807) is 0 Å². The molecule has 0 amide bonds. The topological polar surface area (TPSA) is 15.3 Å². The van der Waals surface area contributed by atoms with Crippen molar-refractivity contribution in [1.82, 2.24) is 5.32 Å². The molecule has 1 N–H and O–H groups in total. The van der Waals surface area contributed by atoms with E-state index in [1.807, 2.05) is 0 Å². The molecule has 15 heavy (non-hydrogen) atoms. The smallest absolute Gasteiger partial charge is 0.0387 e. The van der Waals surface area contributed by atoms with Crippen molar-refractivity contribution in [2.75, 3.05) is 18.0 Å². The van der Waals surface area contributed by atoms with Gasteiger partial charge in [0.2, 0.25) is 0 Å². The molecule has 0 saturated carbocycles. The molecule has 2 unspecified atom stereocenters. The maximum Gasteiger partial charge on any atom is 0.0387 e. The van der Waals surface area contributed by atoms with Crippen LogP contribution in [0.5, 0.6) is 0 Å². The van der Waals surface area contributed by atoms with Gasteiger partial charge in [-0.1, -0.05) is 25.1 Å². The second-order valence-corrected chi connectivity index (χ2v) is 4.35. The van der Waals surface area contributed by atoms with Crippen LogP contribution in [0.1, 0.15) is 20.3 Å². The van der Waals surface area contributed by atoms with E-state index in [4.69, 9.17) is 0 Å². The van der Waals surface area contributed by atoms with Crippen LogP contribution < -0.4 is 10.2 Å². The summed E-state index contributed by atoms with van der Waals surface area (Å²) in [5.74, 6) is 0. The van der Waals surface area contributed by atoms with Gasteiger partial charge in [0, 0.05) is 30.9 Å². The molecule has 0 aliphatic carbocycles. The van der Waals surface area contributed by atoms with Crippen molar-refractivity contribution in [3.05, 3.63) is 30.3 Å². The Labute approximate surface area is 92.3 Å². The maximum absolute atomic E-state index is 3.58. The lowest BCUT2D eigenvalue weighted by atomic mass is 10.1. The molecule has 2 nitrogen and oxygen atoms in total. The summed E-state index contributed by atoms with van der Waals surface area (Å²) in [5, 5.41) is 3.58. The largest absolute Gasteiger partial charge is 0.366 e. The molecule has 0 aromatic heterocycles. The zero-order valence-corrected chi connectivity index (χ0v) is 9.61. The van der Waals surface area contributed by atoms with Crippen LogP contribution in [0.3, 0.4) is 0 Å². The van der Waals surface area contributed by atoms with Crippen molar-refractivity contribution in [3.63, 3.8) is 0 Å². The molecule has 1 aromatic rings. The first-order valence-electron chi connectivity index (χ1n) is 5.86. The molecule has 2 rings (SSSR count). The van der Waals surface area contributed by atoms with Crippen LogP contribution >= 0.6 is 0 Å². The average Bonchev–Trinajstić information content (AvgIpc) is 2.31. The normalized spacial score (nSPS) is 26.7. The Morgan fingerprint density at radius 3 is 2.73 bits per heavy atom. The van der Waals surface area contributed by atoms with Crippen molar-refractivity contribution < 1.29 is 0 Å². The minimum atomic E-state index is 0.593. The molecule has 2 atom stereocenters. The van der Waals surface area contributed by atoms with E-state index in [0.29, 0.717) is 12.1 Å². The van der Waals surface area contributed by atoms with Gasteiger partial charge in [-0.3, -0.25) is 0 Å². The van der Waals surface area contributed by atoms with Crippen molar-refractivity contribution in [1.29, 1.82) is 0 Å². The van der Waals surface area contributed by atoms with Crippen LogP contribution in [0, 0.1) is 0 Å². The van der Waals surface area contributed by atoms with Gasteiger partial charge in [-0.25, -0.2) is 0 Å². The zero-order chi connectivity index (χ0) is 10.7. The van der Waals surface area contributed by atoms with Crippen LogP contribution in [0.2, 0.25) is 0 Å². The number of piperazine rings is 1. The summed E-state index contributed by atoms with van der Waals surface area (Å²) in [6.45, 7) is 6.75. The molecule has 1 heterocycles. The molecule has 2 heteroatoms. The quantitative estimate of drug-likeness (QED) is 0.795. The lowest BCUT2D eigenvalue weighted by Gasteiger charge is -2.40. The van der Waals surface area contributed by atoms with Gasteiger partial charge in [0.05, 0.1) is 0 Å². The number of anilines is 1. The number of para-hydroxylation sites is 1. The van der Waals surface area contributed by atoms with Gasteiger partial charge in [-0.2, -0.15) is 0 Å². The van der Waals surface area contributed by atoms with E-state index in [0.717, 1.165) is 13.1 Å². The summed E-state index contributed by atoms with van der Waals surface area (Å²) in [4.78, 5) is 2.50. The van der Waals surface area contributed by atoms with Gasteiger partial charge in [-0.15, -0.1) is 0 Å². The van der Waals surface area contributed by atoms with E-state index < -0.39 is 0 Å². The number of benzene rings is 1. The highest BCUT2D eigenvalue weighted by Gasteiger charge is 2.23. The summed E-state index contributed by atoms with van der Waals surface area (Å²) < 4.78 is 0. The van der Waals surface area contributed by atoms with Crippen LogP contribution in [-0.2, 0) is 0 Å². The Kier molecular flexibility index (Phi) is 3.27. The van der Waals surface area contributed by atoms with Crippen molar-refractivity contribution >= 4 is 5.69 Å². The third-order valence-electron chi connectivity index (χ3n) is 3.23. The van der Waals surface area contributed by atoms with E-state index in [2.05, 4.69) is 54.4 Å². The SMILES string of the molecule is CCC1CN(c2ccccc2)C(C)CN1. The van der Waals surface area contributed by atoms with Crippen LogP contribution in [-0.4, -0.2) is 25.2 Å². The number of hydrogen-bond acceptors (Lipinski definition) is 2. The molecule has 0 bridgehead atoms. The summed E-state index contributed by atoms with van der Waals surface area (Å²) in [7, 11) is 0. The van der Waals surface area contributed by atoms with Crippen LogP contribution in [0.25, 0.3) is 0 Å². The van der Waals surface area contributed by atoms with Gasteiger partial charge in [0.15, 0.2) is 0 Å². The Hall–Kier alpha value is -1.02. The van der Waals surface area contributed by atoms with Crippen molar-refractivity contribution in [2.45, 2.75) is 32.4 Å². The molecule has 1 saturated heterocycles. The third-order valence-corrected chi connectivity index (χ3v) is 3.23. The highest BCUT2D eigenvalue weighted by Crippen LogP contribution is 2.19. The fraction of sp³-hybridized carbons (Fsp3) is 0.538. The van der Waals surface area contributed by atoms with Gasteiger partial charge in [0.25, 0.3) is 0 Å². The highest BCUT2D eigenvalue weighted by molar-refractivity contribution is 5.47. The molecule has 1 fully saturated rings. The number of nitrogens with zero attached hydrogens (tertiary/aromatic N) is 1. The summed E-state index contributed by atoms with van der Waals surface area (Å²) in [5.41, 5.74) is 1.35. The average molecular weight is 204 g/mol. The highest BCUT2D eigenvalue weighted by atomic mass is 15.2. The second-order valence-electron chi connectivity index (χ2n) is 4.35. The molecule has 1 aliphatic rings. The number of rotatable bonds is 2. The van der Waals surface area contributed by atoms with E-state index in [1.165, 1.54) is 12.1 Å². The third kappa shape index (κ3) is 2.32. The minimum Gasteiger partial charge on any atom is -0.366 e. The summed E-state index contributed by atoms with van der Waals surface area (Å²) >= 11 is 0. The predicted octanol–water partition coefficient (Wildman–Crippen LogP) is 2.26. The number of nitrogens with one attached hydrogen (secondary N) is 1. The van der Waals surface area contributed by atoms with Crippen LogP contribution in [0.15, 0.2) is 30.3 Å². The minimum absolute atomic E-state index is 0.593. The van der Waals surface area contributed by atoms with E-state index in [-0.39, 0.29) is 0 Å². The lowest BCUT2D eigenvalue weighted by molar-refractivity contribution is 0.397. The first-order valence-corrected chi connectivity index (χ1v) is 5.86. The molecular weight excluding hydrogens is 184 g/mol. The van der Waals surface area contributed by atoms with Gasteiger partial charge >= 0.3 is 0 Å². The Balaban J connectivity index is 2.13. The molecular formula is C13H20N2. The summed E-state index contributed by atoms with van der Waals surface area (Å²) in [6, 6.07) is 11.9. The lowest BCUT2D eigenvalue weighted by Crippen LogP contribution is -2.55. The Morgan fingerprint density at radius 1 is 1.33 bits per heavy atom. The molecule has 1 aromatic carbocycles. The Morgan fingerprint density at radius 2 is 2.07 bits per heavy atom. The van der Waals surface area contributed by atoms with Gasteiger partial charge < -0.3 is 10.2 Å². The molecule has 82 valence electrons. The molecule has 0 radical (unpaired) electrons. The first-order chi connectivity index (χ1) is 7.31. The summed E-state index contributed by atoms with van der Waals surface area (Å²) in [6.07, 6.45) is 1.20. The maximum atomic E-state index is 3.58. The van der Waals surface area contributed by atoms with Crippen molar-refractivity contribution in [3.8, 4) is 0 Å². The Bertz CT molecular complexity index is 297. The fourth-order valence-corrected chi connectivity index (χ4v) is 2.18. The predicted molar refractivity (Wildman–Crippen MR) is 65.3 cm³/mol. The van der Waals surface area contributed by atoms with Gasteiger partial charge in [0.1, 0.15) is 0 Å². The van der Waals surface area contributed by atoms with Crippen LogP contribution in [0.4, 0.5) is 5.69 Å².